The predicted octanol–water partition coefficient (Wildman–Crippen LogP) is 1.50. The number of nitrogens with one attached hydrogen (secondary N) is 2. The highest BCUT2D eigenvalue weighted by molar-refractivity contribution is 5.86. The summed E-state index contributed by atoms with van der Waals surface area (Å²) >= 11 is 0. The molecule has 1 aromatic rings. The Bertz CT molecular complexity index is 414. The van der Waals surface area contributed by atoms with Crippen LogP contribution in [0.3, 0.4) is 0 Å². The van der Waals surface area contributed by atoms with E-state index in [2.05, 4.69) is 34.9 Å². The molecule has 1 heterocycles. The number of hydrogen-bond donors (Lipinski definition) is 2. The molecule has 1 aliphatic rings. The van der Waals surface area contributed by atoms with Gasteiger partial charge in [-0.05, 0) is 37.8 Å². The van der Waals surface area contributed by atoms with Gasteiger partial charge < -0.3 is 15.4 Å². The van der Waals surface area contributed by atoms with E-state index in [9.17, 15) is 4.79 Å². The third-order valence-electron chi connectivity index (χ3n) is 3.85. The lowest BCUT2D eigenvalue weighted by Gasteiger charge is -2.36. The fraction of sp³-hybridized carbons (Fsp3) is 0.562. The van der Waals surface area contributed by atoms with Crippen molar-refractivity contribution in [2.24, 2.45) is 0 Å². The number of benzene rings is 1. The minimum absolute atomic E-state index is 0.0388. The first kappa shape index (κ1) is 15.0. The first-order valence-electron chi connectivity index (χ1n) is 7.36. The maximum atomic E-state index is 12.1. The molecule has 0 radical (unpaired) electrons. The van der Waals surface area contributed by atoms with Gasteiger partial charge in [0.2, 0.25) is 5.91 Å². The molecule has 1 amide bonds. The molecule has 1 aliphatic heterocycles. The summed E-state index contributed by atoms with van der Waals surface area (Å²) in [7, 11) is 1.68. The highest BCUT2D eigenvalue weighted by Gasteiger charge is 2.39. The zero-order chi connectivity index (χ0) is 14.3. The predicted molar refractivity (Wildman–Crippen MR) is 79.6 cm³/mol. The Kier molecular flexibility index (Phi) is 5.56. The van der Waals surface area contributed by atoms with Crippen molar-refractivity contribution in [3.8, 4) is 0 Å². The van der Waals surface area contributed by atoms with Crippen LogP contribution in [0.15, 0.2) is 30.3 Å². The second-order valence-electron chi connectivity index (χ2n) is 5.33. The molecule has 2 rings (SSSR count). The highest BCUT2D eigenvalue weighted by atomic mass is 16.5. The molecule has 0 saturated carbocycles. The van der Waals surface area contributed by atoms with E-state index in [1.165, 1.54) is 5.56 Å². The summed E-state index contributed by atoms with van der Waals surface area (Å²) < 4.78 is 5.50. The molecule has 0 spiro atoms. The molecular weight excluding hydrogens is 252 g/mol. The second kappa shape index (κ2) is 7.41. The zero-order valence-corrected chi connectivity index (χ0v) is 12.2. The summed E-state index contributed by atoms with van der Waals surface area (Å²) in [5, 5.41) is 6.17. The number of ether oxygens (including phenoxy) is 1. The Morgan fingerprint density at radius 2 is 2.15 bits per heavy atom. The smallest absolute Gasteiger partial charge is 0.242 e. The minimum atomic E-state index is -0.538. The number of hydrogen-bond acceptors (Lipinski definition) is 3. The Hall–Kier alpha value is -1.39. The van der Waals surface area contributed by atoms with Crippen molar-refractivity contribution in [2.45, 2.75) is 31.2 Å². The van der Waals surface area contributed by atoms with E-state index in [1.54, 1.807) is 7.05 Å². The molecule has 4 nitrogen and oxygen atoms in total. The molecule has 0 aliphatic carbocycles. The summed E-state index contributed by atoms with van der Waals surface area (Å²) in [5.41, 5.74) is 0.798. The number of amides is 1. The van der Waals surface area contributed by atoms with Crippen LogP contribution in [0.4, 0.5) is 0 Å². The monoisotopic (exact) mass is 276 g/mol. The van der Waals surface area contributed by atoms with Gasteiger partial charge in [0.15, 0.2) is 0 Å². The topological polar surface area (TPSA) is 50.4 Å². The lowest BCUT2D eigenvalue weighted by molar-refractivity contribution is -0.132. The SMILES string of the molecule is CNC(=O)C1(NCCCc2ccccc2)CCCOC1. The van der Waals surface area contributed by atoms with Crippen LogP contribution in [-0.2, 0) is 16.0 Å². The van der Waals surface area contributed by atoms with Gasteiger partial charge in [-0.3, -0.25) is 4.79 Å². The Morgan fingerprint density at radius 1 is 1.35 bits per heavy atom. The second-order valence-corrected chi connectivity index (χ2v) is 5.33. The summed E-state index contributed by atoms with van der Waals surface area (Å²) in [6.07, 6.45) is 3.82. The van der Waals surface area contributed by atoms with E-state index in [0.717, 1.165) is 38.8 Å². The lowest BCUT2D eigenvalue weighted by Crippen LogP contribution is -2.61. The van der Waals surface area contributed by atoms with Gasteiger partial charge in [0.05, 0.1) is 6.61 Å². The van der Waals surface area contributed by atoms with Crippen molar-refractivity contribution in [1.29, 1.82) is 0 Å². The number of aryl methyl sites for hydroxylation is 1. The van der Waals surface area contributed by atoms with Crippen LogP contribution in [0.1, 0.15) is 24.8 Å². The largest absolute Gasteiger partial charge is 0.379 e. The molecule has 1 saturated heterocycles. The minimum Gasteiger partial charge on any atom is -0.379 e. The standard InChI is InChI=1S/C16H24N2O2/c1-17-15(19)16(10-6-12-20-13-16)18-11-5-9-14-7-3-2-4-8-14/h2-4,7-8,18H,5-6,9-13H2,1H3,(H,17,19). The molecule has 1 fully saturated rings. The Balaban J connectivity index is 1.82. The number of carbonyl (C=O) groups excluding carboxylic acids is 1. The molecule has 0 bridgehead atoms. The van der Waals surface area contributed by atoms with Gasteiger partial charge in [0.1, 0.15) is 5.54 Å². The molecule has 2 N–H and O–H groups in total. The normalized spacial score (nSPS) is 22.4. The van der Waals surface area contributed by atoms with Crippen molar-refractivity contribution in [2.75, 3.05) is 26.8 Å². The maximum Gasteiger partial charge on any atom is 0.242 e. The number of likely N-dealkylation sites (N-methyl/N-ethyl adjacent to an activating group) is 1. The van der Waals surface area contributed by atoms with Gasteiger partial charge in [0, 0.05) is 13.7 Å². The first-order chi connectivity index (χ1) is 9.77. The van der Waals surface area contributed by atoms with E-state index in [1.807, 2.05) is 6.07 Å². The summed E-state index contributed by atoms with van der Waals surface area (Å²) in [4.78, 5) is 12.1. The van der Waals surface area contributed by atoms with Gasteiger partial charge in [-0.2, -0.15) is 0 Å². The molecular formula is C16H24N2O2. The first-order valence-corrected chi connectivity index (χ1v) is 7.36. The Labute approximate surface area is 120 Å². The third kappa shape index (κ3) is 3.81. The van der Waals surface area contributed by atoms with E-state index in [0.29, 0.717) is 6.61 Å². The average Bonchev–Trinajstić information content (AvgIpc) is 2.53. The molecule has 0 aromatic heterocycles. The van der Waals surface area contributed by atoms with Crippen LogP contribution in [0.2, 0.25) is 0 Å². The summed E-state index contributed by atoms with van der Waals surface area (Å²) in [6.45, 7) is 2.05. The van der Waals surface area contributed by atoms with Crippen LogP contribution in [0, 0.1) is 0 Å². The number of carbonyl (C=O) groups is 1. The summed E-state index contributed by atoms with van der Waals surface area (Å²) in [5.74, 6) is 0.0388. The van der Waals surface area contributed by atoms with Crippen molar-refractivity contribution in [1.82, 2.24) is 10.6 Å². The van der Waals surface area contributed by atoms with Crippen LogP contribution < -0.4 is 10.6 Å². The molecule has 1 atom stereocenters. The third-order valence-corrected chi connectivity index (χ3v) is 3.85. The molecule has 1 unspecified atom stereocenters. The maximum absolute atomic E-state index is 12.1. The quantitative estimate of drug-likeness (QED) is 0.774. The molecule has 110 valence electrons. The van der Waals surface area contributed by atoms with Crippen molar-refractivity contribution in [3.05, 3.63) is 35.9 Å². The van der Waals surface area contributed by atoms with Crippen molar-refractivity contribution < 1.29 is 9.53 Å². The van der Waals surface area contributed by atoms with Crippen molar-refractivity contribution >= 4 is 5.91 Å². The van der Waals surface area contributed by atoms with Crippen LogP contribution in [-0.4, -0.2) is 38.3 Å². The molecule has 20 heavy (non-hydrogen) atoms. The van der Waals surface area contributed by atoms with E-state index in [4.69, 9.17) is 4.74 Å². The zero-order valence-electron chi connectivity index (χ0n) is 12.2. The van der Waals surface area contributed by atoms with E-state index >= 15 is 0 Å². The van der Waals surface area contributed by atoms with E-state index < -0.39 is 5.54 Å². The molecule has 1 aromatic carbocycles. The van der Waals surface area contributed by atoms with Crippen LogP contribution in [0.25, 0.3) is 0 Å². The van der Waals surface area contributed by atoms with Gasteiger partial charge >= 0.3 is 0 Å². The lowest BCUT2D eigenvalue weighted by atomic mass is 9.91. The number of rotatable bonds is 6. The fourth-order valence-electron chi connectivity index (χ4n) is 2.70. The van der Waals surface area contributed by atoms with Crippen LogP contribution in [0.5, 0.6) is 0 Å². The average molecular weight is 276 g/mol. The highest BCUT2D eigenvalue weighted by Crippen LogP contribution is 2.19. The van der Waals surface area contributed by atoms with Crippen LogP contribution >= 0.6 is 0 Å². The van der Waals surface area contributed by atoms with Gasteiger partial charge in [0.25, 0.3) is 0 Å². The van der Waals surface area contributed by atoms with Gasteiger partial charge in [-0.15, -0.1) is 0 Å². The summed E-state index contributed by atoms with van der Waals surface area (Å²) in [6, 6.07) is 10.4. The van der Waals surface area contributed by atoms with Crippen molar-refractivity contribution in [3.63, 3.8) is 0 Å². The van der Waals surface area contributed by atoms with Gasteiger partial charge in [-0.25, -0.2) is 0 Å². The van der Waals surface area contributed by atoms with E-state index in [-0.39, 0.29) is 5.91 Å². The molecule has 4 heteroatoms. The fourth-order valence-corrected chi connectivity index (χ4v) is 2.70. The van der Waals surface area contributed by atoms with Gasteiger partial charge in [-0.1, -0.05) is 30.3 Å². The Morgan fingerprint density at radius 3 is 2.80 bits per heavy atom.